The van der Waals surface area contributed by atoms with Crippen molar-refractivity contribution in [1.29, 1.82) is 0 Å². The number of halogens is 1. The maximum absolute atomic E-state index is 10.9. The van der Waals surface area contributed by atoms with Crippen molar-refractivity contribution >= 4 is 29.6 Å². The van der Waals surface area contributed by atoms with Crippen LogP contribution >= 0.6 is 11.6 Å². The van der Waals surface area contributed by atoms with E-state index in [1.165, 1.54) is 6.08 Å². The Kier molecular flexibility index (Phi) is 4.29. The molecule has 0 radical (unpaired) electrons. The van der Waals surface area contributed by atoms with Crippen LogP contribution in [0, 0.1) is 6.92 Å². The molecule has 1 rings (SSSR count). The summed E-state index contributed by atoms with van der Waals surface area (Å²) in [5.41, 5.74) is 1.26. The summed E-state index contributed by atoms with van der Waals surface area (Å²) in [6.07, 6.45) is 0.805. The Bertz CT molecular complexity index is 491. The van der Waals surface area contributed by atoms with Gasteiger partial charge < -0.3 is 10.2 Å². The highest BCUT2D eigenvalue weighted by Gasteiger charge is 2.12. The zero-order valence-electron chi connectivity index (χ0n) is 9.11. The molecule has 0 aromatic heterocycles. The van der Waals surface area contributed by atoms with Crippen molar-refractivity contribution in [1.82, 2.24) is 0 Å². The number of hydrogen-bond acceptors (Lipinski definition) is 2. The van der Waals surface area contributed by atoms with Crippen LogP contribution < -0.4 is 0 Å². The van der Waals surface area contributed by atoms with Crippen LogP contribution in [0.15, 0.2) is 23.8 Å². The normalized spacial score (nSPS) is 11.3. The molecular weight excluding hydrogens is 244 g/mol. The second-order valence-electron chi connectivity index (χ2n) is 3.55. The molecule has 0 atom stereocenters. The molecule has 0 aliphatic rings. The lowest BCUT2D eigenvalue weighted by Gasteiger charge is -2.03. The zero-order valence-corrected chi connectivity index (χ0v) is 9.86. The molecule has 5 heteroatoms. The number of aliphatic carboxylic acids is 2. The van der Waals surface area contributed by atoms with Crippen molar-refractivity contribution in [3.05, 3.63) is 39.9 Å². The van der Waals surface area contributed by atoms with Crippen molar-refractivity contribution in [2.45, 2.75) is 13.3 Å². The SMILES string of the molecule is Cc1ccc(Cl)cc1/C=C(\CC(=O)O)C(=O)O. The Labute approximate surface area is 103 Å². The number of hydrogen-bond donors (Lipinski definition) is 2. The van der Waals surface area contributed by atoms with Crippen LogP contribution in [-0.4, -0.2) is 22.2 Å². The molecule has 0 unspecified atom stereocenters. The van der Waals surface area contributed by atoms with Crippen LogP contribution in [0.1, 0.15) is 17.5 Å². The summed E-state index contributed by atoms with van der Waals surface area (Å²) < 4.78 is 0. The third-order valence-electron chi connectivity index (χ3n) is 2.19. The van der Waals surface area contributed by atoms with Gasteiger partial charge in [-0.05, 0) is 36.3 Å². The van der Waals surface area contributed by atoms with E-state index in [-0.39, 0.29) is 5.57 Å². The van der Waals surface area contributed by atoms with Gasteiger partial charge in [0.05, 0.1) is 6.42 Å². The second kappa shape index (κ2) is 5.50. The van der Waals surface area contributed by atoms with E-state index in [0.717, 1.165) is 5.56 Å². The summed E-state index contributed by atoms with van der Waals surface area (Å²) in [6.45, 7) is 1.79. The molecule has 90 valence electrons. The summed E-state index contributed by atoms with van der Waals surface area (Å²) in [5.74, 6) is -2.43. The summed E-state index contributed by atoms with van der Waals surface area (Å²) >= 11 is 5.79. The van der Waals surface area contributed by atoms with E-state index in [1.807, 2.05) is 0 Å². The fraction of sp³-hybridized carbons (Fsp3) is 0.167. The molecule has 2 N–H and O–H groups in total. The van der Waals surface area contributed by atoms with E-state index < -0.39 is 18.4 Å². The highest BCUT2D eigenvalue weighted by molar-refractivity contribution is 6.30. The molecule has 0 spiro atoms. The molecule has 0 amide bonds. The third-order valence-corrected chi connectivity index (χ3v) is 2.42. The van der Waals surface area contributed by atoms with Crippen molar-refractivity contribution in [3.8, 4) is 0 Å². The van der Waals surface area contributed by atoms with Gasteiger partial charge in [0.1, 0.15) is 0 Å². The molecular formula is C12H11ClO4. The smallest absolute Gasteiger partial charge is 0.332 e. The molecule has 1 aromatic rings. The monoisotopic (exact) mass is 254 g/mol. The van der Waals surface area contributed by atoms with Crippen LogP contribution in [0.25, 0.3) is 6.08 Å². The molecule has 0 aliphatic carbocycles. The van der Waals surface area contributed by atoms with Crippen molar-refractivity contribution in [3.63, 3.8) is 0 Å². The van der Waals surface area contributed by atoms with Gasteiger partial charge in [0.2, 0.25) is 0 Å². The van der Waals surface area contributed by atoms with Gasteiger partial charge in [-0.25, -0.2) is 4.79 Å². The number of aryl methyl sites for hydroxylation is 1. The van der Waals surface area contributed by atoms with Gasteiger partial charge in [-0.1, -0.05) is 17.7 Å². The molecule has 4 nitrogen and oxygen atoms in total. The van der Waals surface area contributed by atoms with Crippen LogP contribution in [0.3, 0.4) is 0 Å². The number of rotatable bonds is 4. The first kappa shape index (κ1) is 13.3. The largest absolute Gasteiger partial charge is 0.481 e. The molecule has 1 aromatic carbocycles. The van der Waals surface area contributed by atoms with Gasteiger partial charge in [0.15, 0.2) is 0 Å². The Morgan fingerprint density at radius 1 is 1.35 bits per heavy atom. The zero-order chi connectivity index (χ0) is 13.0. The van der Waals surface area contributed by atoms with Crippen LogP contribution in [-0.2, 0) is 9.59 Å². The van der Waals surface area contributed by atoms with Crippen molar-refractivity contribution in [2.75, 3.05) is 0 Å². The molecule has 0 bridgehead atoms. The number of benzene rings is 1. The average Bonchev–Trinajstić information content (AvgIpc) is 2.21. The summed E-state index contributed by atoms with van der Waals surface area (Å²) in [5, 5.41) is 18.0. The second-order valence-corrected chi connectivity index (χ2v) is 3.98. The lowest BCUT2D eigenvalue weighted by Crippen LogP contribution is -2.06. The summed E-state index contributed by atoms with van der Waals surface area (Å²) in [7, 11) is 0. The minimum atomic E-state index is -1.24. The Hall–Kier alpha value is -1.81. The van der Waals surface area contributed by atoms with Crippen LogP contribution in [0.5, 0.6) is 0 Å². The predicted molar refractivity (Wildman–Crippen MR) is 64.1 cm³/mol. The Morgan fingerprint density at radius 3 is 2.53 bits per heavy atom. The predicted octanol–water partition coefficient (Wildman–Crippen LogP) is 2.59. The fourth-order valence-electron chi connectivity index (χ4n) is 1.31. The molecule has 0 fully saturated rings. The van der Waals surface area contributed by atoms with Gasteiger partial charge in [0.25, 0.3) is 0 Å². The maximum Gasteiger partial charge on any atom is 0.332 e. The lowest BCUT2D eigenvalue weighted by molar-refractivity contribution is -0.139. The quantitative estimate of drug-likeness (QED) is 0.810. The van der Waals surface area contributed by atoms with Gasteiger partial charge in [-0.2, -0.15) is 0 Å². The Balaban J connectivity index is 3.16. The first-order chi connectivity index (χ1) is 7.90. The molecule has 0 saturated heterocycles. The van der Waals surface area contributed by atoms with E-state index in [9.17, 15) is 9.59 Å². The van der Waals surface area contributed by atoms with Crippen LogP contribution in [0.2, 0.25) is 5.02 Å². The highest BCUT2D eigenvalue weighted by atomic mass is 35.5. The van der Waals surface area contributed by atoms with Crippen molar-refractivity contribution in [2.24, 2.45) is 0 Å². The van der Waals surface area contributed by atoms with E-state index >= 15 is 0 Å². The minimum Gasteiger partial charge on any atom is -0.481 e. The topological polar surface area (TPSA) is 74.6 Å². The van der Waals surface area contributed by atoms with E-state index in [0.29, 0.717) is 10.6 Å². The van der Waals surface area contributed by atoms with E-state index in [4.69, 9.17) is 21.8 Å². The van der Waals surface area contributed by atoms with E-state index in [1.54, 1.807) is 25.1 Å². The number of carboxylic acids is 2. The standard InChI is InChI=1S/C12H11ClO4/c1-7-2-3-10(13)5-8(7)4-9(12(16)17)6-11(14)15/h2-5H,6H2,1H3,(H,14,15)(H,16,17)/b9-4+. The fourth-order valence-corrected chi connectivity index (χ4v) is 1.49. The molecule has 0 aliphatic heterocycles. The summed E-state index contributed by atoms with van der Waals surface area (Å²) in [6, 6.07) is 5.03. The van der Waals surface area contributed by atoms with Gasteiger partial charge >= 0.3 is 11.9 Å². The number of carbonyl (C=O) groups is 2. The lowest BCUT2D eigenvalue weighted by atomic mass is 10.0. The highest BCUT2D eigenvalue weighted by Crippen LogP contribution is 2.19. The Morgan fingerprint density at radius 2 is 2.00 bits per heavy atom. The third kappa shape index (κ3) is 3.92. The van der Waals surface area contributed by atoms with E-state index in [2.05, 4.69) is 0 Å². The van der Waals surface area contributed by atoms with Gasteiger partial charge in [0, 0.05) is 10.6 Å². The molecule has 0 saturated carbocycles. The van der Waals surface area contributed by atoms with Gasteiger partial charge in [-0.15, -0.1) is 0 Å². The minimum absolute atomic E-state index is 0.178. The maximum atomic E-state index is 10.9. The number of carboxylic acid groups (broad SMARTS) is 2. The van der Waals surface area contributed by atoms with Crippen molar-refractivity contribution < 1.29 is 19.8 Å². The van der Waals surface area contributed by atoms with Gasteiger partial charge in [-0.3, -0.25) is 4.79 Å². The first-order valence-corrected chi connectivity index (χ1v) is 5.19. The van der Waals surface area contributed by atoms with Crippen LogP contribution in [0.4, 0.5) is 0 Å². The first-order valence-electron chi connectivity index (χ1n) is 4.82. The summed E-state index contributed by atoms with van der Waals surface area (Å²) in [4.78, 5) is 21.4. The average molecular weight is 255 g/mol. The molecule has 0 heterocycles. The molecule has 17 heavy (non-hydrogen) atoms.